The molecule has 0 aromatic carbocycles. The summed E-state index contributed by atoms with van der Waals surface area (Å²) in [6.45, 7) is 5.69. The predicted molar refractivity (Wildman–Crippen MR) is 100 cm³/mol. The number of hydrogen-bond acceptors (Lipinski definition) is 7. The van der Waals surface area contributed by atoms with E-state index < -0.39 is 5.91 Å². The number of aromatic nitrogens is 8. The van der Waals surface area contributed by atoms with Crippen molar-refractivity contribution in [1.82, 2.24) is 39.5 Å². The van der Waals surface area contributed by atoms with Crippen molar-refractivity contribution < 1.29 is 4.79 Å². The van der Waals surface area contributed by atoms with Crippen LogP contribution in [0.25, 0.3) is 11.6 Å². The summed E-state index contributed by atoms with van der Waals surface area (Å²) in [5.41, 5.74) is 1.99. The van der Waals surface area contributed by atoms with Gasteiger partial charge in [0.15, 0.2) is 11.5 Å². The van der Waals surface area contributed by atoms with Crippen LogP contribution < -0.4 is 5.32 Å². The number of imidazole rings is 1. The van der Waals surface area contributed by atoms with Crippen LogP contribution in [0.5, 0.6) is 0 Å². The summed E-state index contributed by atoms with van der Waals surface area (Å²) in [5.74, 6) is 1.86. The van der Waals surface area contributed by atoms with Crippen molar-refractivity contribution in [3.63, 3.8) is 0 Å². The van der Waals surface area contributed by atoms with Crippen molar-refractivity contribution in [3.8, 4) is 11.6 Å². The molecule has 1 N–H and O–H groups in total. The maximum atomic E-state index is 12.5. The van der Waals surface area contributed by atoms with E-state index >= 15 is 0 Å². The van der Waals surface area contributed by atoms with Crippen LogP contribution in [-0.2, 0) is 0 Å². The van der Waals surface area contributed by atoms with Crippen molar-refractivity contribution in [2.45, 2.75) is 20.8 Å². The Balaban J connectivity index is 1.53. The molecule has 0 radical (unpaired) electrons. The molecule has 0 aliphatic heterocycles. The predicted octanol–water partition coefficient (Wildman–Crippen LogP) is 1.82. The van der Waals surface area contributed by atoms with Gasteiger partial charge in [-0.2, -0.15) is 5.10 Å². The summed E-state index contributed by atoms with van der Waals surface area (Å²) >= 11 is 0. The van der Waals surface area contributed by atoms with Crippen LogP contribution in [0.1, 0.15) is 27.7 Å². The number of aryl methyl sites for hydroxylation is 3. The second kappa shape index (κ2) is 6.99. The van der Waals surface area contributed by atoms with Crippen LogP contribution in [0.3, 0.4) is 0 Å². The van der Waals surface area contributed by atoms with E-state index in [2.05, 4.69) is 35.6 Å². The zero-order valence-electron chi connectivity index (χ0n) is 15.5. The maximum absolute atomic E-state index is 12.5. The van der Waals surface area contributed by atoms with Gasteiger partial charge in [-0.1, -0.05) is 0 Å². The Bertz CT molecular complexity index is 1140. The summed E-state index contributed by atoms with van der Waals surface area (Å²) in [5, 5.41) is 15.2. The van der Waals surface area contributed by atoms with Gasteiger partial charge in [-0.05, 0) is 39.0 Å². The van der Waals surface area contributed by atoms with Gasteiger partial charge in [-0.25, -0.2) is 19.6 Å². The molecule has 28 heavy (non-hydrogen) atoms. The van der Waals surface area contributed by atoms with E-state index in [0.717, 1.165) is 17.2 Å². The fourth-order valence-electron chi connectivity index (χ4n) is 2.77. The van der Waals surface area contributed by atoms with Crippen molar-refractivity contribution in [2.24, 2.45) is 0 Å². The standard InChI is InChI=1S/C18H17N9O/c1-11-8-12(2)27(25-11)16-5-4-14(23-24-16)18(28)22-15-9-17(21-10-20-15)26-7-6-19-13(26)3/h4-10H,1-3H3,(H,20,21,22,28). The monoisotopic (exact) mass is 375 g/mol. The van der Waals surface area contributed by atoms with Crippen LogP contribution in [-0.4, -0.2) is 45.4 Å². The average Bonchev–Trinajstić information content (AvgIpc) is 3.26. The van der Waals surface area contributed by atoms with Crippen molar-refractivity contribution in [3.05, 3.63) is 65.9 Å². The molecule has 0 aliphatic carbocycles. The first-order valence-electron chi connectivity index (χ1n) is 8.52. The first-order valence-corrected chi connectivity index (χ1v) is 8.52. The average molecular weight is 375 g/mol. The molecule has 4 aromatic heterocycles. The molecule has 4 aromatic rings. The van der Waals surface area contributed by atoms with Gasteiger partial charge >= 0.3 is 0 Å². The van der Waals surface area contributed by atoms with Crippen LogP contribution >= 0.6 is 0 Å². The smallest absolute Gasteiger partial charge is 0.277 e. The number of nitrogens with zero attached hydrogens (tertiary/aromatic N) is 8. The molecule has 4 heterocycles. The van der Waals surface area contributed by atoms with Gasteiger partial charge in [0, 0.05) is 24.2 Å². The largest absolute Gasteiger partial charge is 0.305 e. The lowest BCUT2D eigenvalue weighted by Gasteiger charge is -2.07. The fourth-order valence-corrected chi connectivity index (χ4v) is 2.77. The number of hydrogen-bond donors (Lipinski definition) is 1. The second-order valence-electron chi connectivity index (χ2n) is 6.18. The van der Waals surface area contributed by atoms with Gasteiger partial charge in [0.25, 0.3) is 5.91 Å². The molecule has 0 saturated heterocycles. The summed E-state index contributed by atoms with van der Waals surface area (Å²) in [7, 11) is 0. The molecular formula is C18H17N9O. The van der Waals surface area contributed by atoms with Gasteiger partial charge in [0.1, 0.15) is 23.8 Å². The van der Waals surface area contributed by atoms with Gasteiger partial charge in [0.05, 0.1) is 5.69 Å². The lowest BCUT2D eigenvalue weighted by molar-refractivity contribution is 0.102. The Morgan fingerprint density at radius 1 is 1.00 bits per heavy atom. The van der Waals surface area contributed by atoms with Crippen LogP contribution in [0.2, 0.25) is 0 Å². The molecule has 0 unspecified atom stereocenters. The lowest BCUT2D eigenvalue weighted by atomic mass is 10.3. The van der Waals surface area contributed by atoms with Gasteiger partial charge in [0.2, 0.25) is 0 Å². The van der Waals surface area contributed by atoms with Crippen LogP contribution in [0, 0.1) is 20.8 Å². The zero-order chi connectivity index (χ0) is 19.7. The van der Waals surface area contributed by atoms with E-state index in [1.807, 2.05) is 26.8 Å². The molecule has 0 spiro atoms. The minimum absolute atomic E-state index is 0.171. The SMILES string of the molecule is Cc1cc(C)n(-c2ccc(C(=O)Nc3cc(-n4ccnc4C)ncn3)nn2)n1. The fraction of sp³-hybridized carbons (Fsp3) is 0.167. The number of nitrogens with one attached hydrogen (secondary N) is 1. The third-order valence-corrected chi connectivity index (χ3v) is 4.08. The zero-order valence-corrected chi connectivity index (χ0v) is 15.5. The lowest BCUT2D eigenvalue weighted by Crippen LogP contribution is -2.16. The first-order chi connectivity index (χ1) is 13.5. The van der Waals surface area contributed by atoms with E-state index in [-0.39, 0.29) is 5.69 Å². The van der Waals surface area contributed by atoms with Crippen molar-refractivity contribution >= 4 is 11.7 Å². The minimum atomic E-state index is -0.417. The number of carbonyl (C=O) groups excluding carboxylic acids is 1. The highest BCUT2D eigenvalue weighted by Gasteiger charge is 2.12. The summed E-state index contributed by atoms with van der Waals surface area (Å²) < 4.78 is 3.47. The third kappa shape index (κ3) is 3.34. The quantitative estimate of drug-likeness (QED) is 0.578. The normalized spacial score (nSPS) is 10.8. The molecule has 10 heteroatoms. The van der Waals surface area contributed by atoms with Gasteiger partial charge < -0.3 is 5.32 Å². The number of carbonyl (C=O) groups is 1. The molecule has 1 amide bonds. The molecule has 0 aliphatic rings. The first kappa shape index (κ1) is 17.5. The van der Waals surface area contributed by atoms with Crippen LogP contribution in [0.4, 0.5) is 5.82 Å². The summed E-state index contributed by atoms with van der Waals surface area (Å²) in [4.78, 5) is 24.9. The van der Waals surface area contributed by atoms with Gasteiger partial charge in [-0.15, -0.1) is 10.2 Å². The molecule has 0 fully saturated rings. The maximum Gasteiger partial charge on any atom is 0.277 e. The van der Waals surface area contributed by atoms with E-state index in [9.17, 15) is 4.79 Å². The van der Waals surface area contributed by atoms with Gasteiger partial charge in [-0.3, -0.25) is 9.36 Å². The highest BCUT2D eigenvalue weighted by atomic mass is 16.2. The molecule has 10 nitrogen and oxygen atoms in total. The second-order valence-corrected chi connectivity index (χ2v) is 6.18. The van der Waals surface area contributed by atoms with E-state index in [4.69, 9.17) is 0 Å². The highest BCUT2D eigenvalue weighted by molar-refractivity contribution is 6.02. The summed E-state index contributed by atoms with van der Waals surface area (Å²) in [6, 6.07) is 6.89. The minimum Gasteiger partial charge on any atom is -0.305 e. The highest BCUT2D eigenvalue weighted by Crippen LogP contribution is 2.13. The number of amides is 1. The number of rotatable bonds is 4. The number of anilines is 1. The van der Waals surface area contributed by atoms with Crippen molar-refractivity contribution in [2.75, 3.05) is 5.32 Å². The van der Waals surface area contributed by atoms with E-state index in [1.54, 1.807) is 39.8 Å². The summed E-state index contributed by atoms with van der Waals surface area (Å²) in [6.07, 6.45) is 4.84. The molecule has 140 valence electrons. The van der Waals surface area contributed by atoms with E-state index in [1.165, 1.54) is 6.33 Å². The Morgan fingerprint density at radius 3 is 2.50 bits per heavy atom. The molecule has 0 saturated carbocycles. The molecule has 0 bridgehead atoms. The Labute approximate surface area is 160 Å². The Hall–Kier alpha value is -3.95. The molecule has 0 atom stereocenters. The third-order valence-electron chi connectivity index (χ3n) is 4.08. The van der Waals surface area contributed by atoms with Crippen LogP contribution in [0.15, 0.2) is 43.0 Å². The topological polar surface area (TPSA) is 116 Å². The Morgan fingerprint density at radius 2 is 1.86 bits per heavy atom. The molecule has 4 rings (SSSR count). The Kier molecular flexibility index (Phi) is 4.36. The van der Waals surface area contributed by atoms with Crippen molar-refractivity contribution in [1.29, 1.82) is 0 Å². The van der Waals surface area contributed by atoms with E-state index in [0.29, 0.717) is 17.5 Å². The molecular weight excluding hydrogens is 358 g/mol.